The number of rotatable bonds is 8. The number of nitrogens with one attached hydrogen (secondary N) is 2. The Kier molecular flexibility index (Phi) is 10.0. The molecule has 2 N–H and O–H groups in total. The molecule has 2 aliphatic heterocycles. The van der Waals surface area contributed by atoms with Crippen molar-refractivity contribution in [2.45, 2.75) is 25.2 Å². The number of halogens is 2. The predicted octanol–water partition coefficient (Wildman–Crippen LogP) is 0.628. The maximum atomic E-state index is 14.0. The molecular formula is C25H29F2N5O5. The third-order valence-corrected chi connectivity index (χ3v) is 5.93. The second-order valence-electron chi connectivity index (χ2n) is 8.36. The minimum Gasteiger partial charge on any atom is -0.465 e. The molecule has 0 radical (unpaired) electrons. The largest absolute Gasteiger partial charge is 0.465 e. The number of fused-ring (bicyclic) bond motifs is 1. The predicted molar refractivity (Wildman–Crippen MR) is 129 cm³/mol. The van der Waals surface area contributed by atoms with Gasteiger partial charge in [0.05, 0.1) is 13.1 Å². The standard InChI is InChI=1S/C16H16F2N4O5.C9H13N/c17-11-2-1-10(12(18)3-11)5-20-6-14-21(8-23)19-4-15(25)22(14)13(16(20)26)7-27-9-24;1-10-8-9-6-4-2-3-5-7-9/h1-3,8-9,13-14,19H,4-7H2;2-4,6-7,10H,5,8H2,1H3/t13-,14?;/m0./s1. The van der Waals surface area contributed by atoms with E-state index in [-0.39, 0.29) is 31.7 Å². The Labute approximate surface area is 213 Å². The van der Waals surface area contributed by atoms with Crippen LogP contribution in [0.2, 0.25) is 0 Å². The lowest BCUT2D eigenvalue weighted by Crippen LogP contribution is -2.74. The molecule has 2 heterocycles. The van der Waals surface area contributed by atoms with Gasteiger partial charge in [-0.2, -0.15) is 0 Å². The number of amides is 3. The van der Waals surface area contributed by atoms with Crippen LogP contribution in [0.15, 0.2) is 54.2 Å². The first-order valence-electron chi connectivity index (χ1n) is 11.6. The van der Waals surface area contributed by atoms with Gasteiger partial charge in [-0.15, -0.1) is 0 Å². The van der Waals surface area contributed by atoms with E-state index in [1.165, 1.54) is 21.4 Å². The van der Waals surface area contributed by atoms with Gasteiger partial charge in [0.25, 0.3) is 6.47 Å². The summed E-state index contributed by atoms with van der Waals surface area (Å²) in [7, 11) is 1.97. The van der Waals surface area contributed by atoms with Gasteiger partial charge in [0.2, 0.25) is 18.2 Å². The van der Waals surface area contributed by atoms with E-state index in [1.807, 2.05) is 7.05 Å². The molecule has 0 bridgehead atoms. The Balaban J connectivity index is 0.000000319. The maximum absolute atomic E-state index is 14.0. The summed E-state index contributed by atoms with van der Waals surface area (Å²) in [6.45, 7) is 0.216. The van der Waals surface area contributed by atoms with Crippen LogP contribution in [-0.4, -0.2) is 85.0 Å². The number of carbonyl (C=O) groups is 4. The molecule has 1 aromatic rings. The van der Waals surface area contributed by atoms with Crippen LogP contribution in [0.4, 0.5) is 8.78 Å². The molecule has 4 rings (SSSR count). The lowest BCUT2D eigenvalue weighted by Gasteiger charge is -2.50. The Hall–Kier alpha value is -3.90. The Bertz CT molecular complexity index is 1090. The molecule has 0 aromatic heterocycles. The topological polar surface area (TPSA) is 111 Å². The van der Waals surface area contributed by atoms with E-state index in [9.17, 15) is 28.0 Å². The van der Waals surface area contributed by atoms with Crippen molar-refractivity contribution in [2.75, 3.05) is 33.3 Å². The number of hydrazine groups is 1. The second kappa shape index (κ2) is 13.4. The number of hydrogen-bond donors (Lipinski definition) is 2. The number of carbonyl (C=O) groups excluding carboxylic acids is 4. The van der Waals surface area contributed by atoms with Gasteiger partial charge in [-0.1, -0.05) is 36.4 Å². The first-order valence-corrected chi connectivity index (χ1v) is 11.6. The molecule has 10 nitrogen and oxygen atoms in total. The van der Waals surface area contributed by atoms with Crippen molar-refractivity contribution in [1.82, 2.24) is 25.6 Å². The van der Waals surface area contributed by atoms with E-state index >= 15 is 0 Å². The first kappa shape index (κ1) is 27.7. The highest BCUT2D eigenvalue weighted by molar-refractivity contribution is 5.91. The highest BCUT2D eigenvalue weighted by Gasteiger charge is 2.48. The van der Waals surface area contributed by atoms with Crippen LogP contribution in [0.1, 0.15) is 12.0 Å². The Morgan fingerprint density at radius 2 is 2.03 bits per heavy atom. The number of ether oxygens (including phenoxy) is 1. The van der Waals surface area contributed by atoms with Crippen molar-refractivity contribution in [3.05, 3.63) is 71.4 Å². The van der Waals surface area contributed by atoms with Crippen molar-refractivity contribution in [3.63, 3.8) is 0 Å². The number of allylic oxidation sites excluding steroid dienone is 4. The Morgan fingerprint density at radius 1 is 1.22 bits per heavy atom. The summed E-state index contributed by atoms with van der Waals surface area (Å²) in [6, 6.07) is 1.82. The van der Waals surface area contributed by atoms with Gasteiger partial charge in [0.15, 0.2) is 0 Å². The number of hydrogen-bond acceptors (Lipinski definition) is 7. The van der Waals surface area contributed by atoms with Gasteiger partial charge < -0.3 is 19.9 Å². The molecule has 1 unspecified atom stereocenters. The molecule has 2 fully saturated rings. The van der Waals surface area contributed by atoms with Crippen molar-refractivity contribution in [3.8, 4) is 0 Å². The third kappa shape index (κ3) is 7.08. The smallest absolute Gasteiger partial charge is 0.293 e. The van der Waals surface area contributed by atoms with Crippen molar-refractivity contribution in [1.29, 1.82) is 0 Å². The molecule has 2 atom stereocenters. The number of benzene rings is 1. The first-order chi connectivity index (χ1) is 17.9. The fourth-order valence-corrected chi connectivity index (χ4v) is 4.18. The minimum atomic E-state index is -1.16. The van der Waals surface area contributed by atoms with Crippen LogP contribution in [0, 0.1) is 11.6 Å². The lowest BCUT2D eigenvalue weighted by atomic mass is 10.1. The van der Waals surface area contributed by atoms with Crippen molar-refractivity contribution >= 4 is 24.7 Å². The second-order valence-corrected chi connectivity index (χ2v) is 8.36. The van der Waals surface area contributed by atoms with Gasteiger partial charge in [-0.05, 0) is 25.1 Å². The molecule has 12 heteroatoms. The van der Waals surface area contributed by atoms with Crippen LogP contribution in [-0.2, 0) is 30.5 Å². The highest BCUT2D eigenvalue weighted by Crippen LogP contribution is 2.24. The summed E-state index contributed by atoms with van der Waals surface area (Å²) in [5.41, 5.74) is 4.05. The fourth-order valence-electron chi connectivity index (χ4n) is 4.18. The van der Waals surface area contributed by atoms with Crippen LogP contribution < -0.4 is 10.7 Å². The van der Waals surface area contributed by atoms with Gasteiger partial charge in [0.1, 0.15) is 30.4 Å². The quantitative estimate of drug-likeness (QED) is 0.487. The van der Waals surface area contributed by atoms with Gasteiger partial charge in [-0.25, -0.2) is 14.2 Å². The molecule has 1 aromatic carbocycles. The molecule has 0 saturated carbocycles. The van der Waals surface area contributed by atoms with Crippen molar-refractivity contribution < 1.29 is 32.7 Å². The monoisotopic (exact) mass is 517 g/mol. The zero-order valence-electron chi connectivity index (χ0n) is 20.3. The molecule has 2 saturated heterocycles. The summed E-state index contributed by atoms with van der Waals surface area (Å²) in [5.74, 6) is -2.59. The molecule has 1 aliphatic carbocycles. The number of likely N-dealkylation sites (N-methyl/N-ethyl adjacent to an activating group) is 1. The lowest BCUT2D eigenvalue weighted by molar-refractivity contribution is -0.179. The summed E-state index contributed by atoms with van der Waals surface area (Å²) >= 11 is 0. The van der Waals surface area contributed by atoms with Crippen LogP contribution in [0.5, 0.6) is 0 Å². The molecule has 3 amide bonds. The Morgan fingerprint density at radius 3 is 2.73 bits per heavy atom. The van der Waals surface area contributed by atoms with Gasteiger partial charge >= 0.3 is 0 Å². The molecular weight excluding hydrogens is 488 g/mol. The molecule has 37 heavy (non-hydrogen) atoms. The zero-order chi connectivity index (χ0) is 26.8. The summed E-state index contributed by atoms with van der Waals surface area (Å²) < 4.78 is 31.8. The molecule has 0 spiro atoms. The van der Waals surface area contributed by atoms with E-state index in [0.717, 1.165) is 24.0 Å². The normalized spacial score (nSPS) is 20.9. The van der Waals surface area contributed by atoms with E-state index in [0.29, 0.717) is 12.5 Å². The maximum Gasteiger partial charge on any atom is 0.293 e. The number of nitrogens with zero attached hydrogens (tertiary/aromatic N) is 3. The average Bonchev–Trinajstić information content (AvgIpc) is 3.15. The van der Waals surface area contributed by atoms with Crippen LogP contribution in [0.3, 0.4) is 0 Å². The highest BCUT2D eigenvalue weighted by atomic mass is 19.1. The van der Waals surface area contributed by atoms with Gasteiger partial charge in [0, 0.05) is 24.7 Å². The van der Waals surface area contributed by atoms with E-state index in [4.69, 9.17) is 0 Å². The van der Waals surface area contributed by atoms with Gasteiger partial charge in [-0.3, -0.25) is 24.2 Å². The van der Waals surface area contributed by atoms with E-state index in [2.05, 4.69) is 45.9 Å². The molecule has 198 valence electrons. The average molecular weight is 518 g/mol. The van der Waals surface area contributed by atoms with E-state index in [1.54, 1.807) is 0 Å². The fraction of sp³-hybridized carbons (Fsp3) is 0.360. The van der Waals surface area contributed by atoms with Crippen LogP contribution in [0.25, 0.3) is 0 Å². The zero-order valence-corrected chi connectivity index (χ0v) is 20.3. The summed E-state index contributed by atoms with van der Waals surface area (Å²) in [6.07, 6.45) is 11.4. The number of piperazine rings is 1. The summed E-state index contributed by atoms with van der Waals surface area (Å²) in [5, 5.41) is 4.24. The molecule has 3 aliphatic rings. The third-order valence-electron chi connectivity index (χ3n) is 5.93. The minimum absolute atomic E-state index is 0.0704. The SMILES string of the molecule is CNCC1=CCC=CC=C1.O=COC[C@H]1C(=O)N(Cc2ccc(F)cc2F)CC2N(C=O)NCC(=O)N21. The summed E-state index contributed by atoms with van der Waals surface area (Å²) in [4.78, 5) is 49.4. The van der Waals surface area contributed by atoms with Crippen molar-refractivity contribution in [2.24, 2.45) is 0 Å². The van der Waals surface area contributed by atoms with Crippen LogP contribution >= 0.6 is 0 Å². The van der Waals surface area contributed by atoms with E-state index < -0.39 is 42.3 Å².